The smallest absolute Gasteiger partial charge is 0.336 e. The fourth-order valence-corrected chi connectivity index (χ4v) is 5.82. The number of hydrogen-bond acceptors (Lipinski definition) is 3. The zero-order valence-electron chi connectivity index (χ0n) is 20.7. The van der Waals surface area contributed by atoms with Crippen LogP contribution in [0.5, 0.6) is 0 Å². The van der Waals surface area contributed by atoms with E-state index in [1.54, 1.807) is 12.1 Å². The summed E-state index contributed by atoms with van der Waals surface area (Å²) in [5.41, 5.74) is 5.18. The van der Waals surface area contributed by atoms with Crippen molar-refractivity contribution in [2.45, 2.75) is 51.5 Å². The van der Waals surface area contributed by atoms with Crippen molar-refractivity contribution in [1.82, 2.24) is 0 Å². The van der Waals surface area contributed by atoms with Crippen molar-refractivity contribution in [1.29, 1.82) is 0 Å². The van der Waals surface area contributed by atoms with E-state index in [2.05, 4.69) is 15.5 Å². The number of carbonyl (C=O) groups is 2. The summed E-state index contributed by atoms with van der Waals surface area (Å²) < 4.78 is 0. The second-order valence-electron chi connectivity index (χ2n) is 9.98. The number of piperidine rings is 1. The first kappa shape index (κ1) is 23.9. The number of carbonyl (C=O) groups excluding carboxylic acids is 1. The molecule has 0 aromatic heterocycles. The third kappa shape index (κ3) is 5.08. The van der Waals surface area contributed by atoms with Crippen LogP contribution in [-0.2, 0) is 0 Å². The number of benzene rings is 3. The lowest BCUT2D eigenvalue weighted by Crippen LogP contribution is -2.47. The number of carboxylic acids is 1. The number of anilines is 3. The molecule has 1 aliphatic carbocycles. The number of hydrogen-bond donors (Lipinski definition) is 3. The van der Waals surface area contributed by atoms with E-state index in [0.717, 1.165) is 35.5 Å². The van der Waals surface area contributed by atoms with Crippen LogP contribution in [0.1, 0.15) is 54.4 Å². The molecule has 2 fully saturated rings. The topological polar surface area (TPSA) is 81.7 Å². The highest BCUT2D eigenvalue weighted by molar-refractivity contribution is 6.03. The van der Waals surface area contributed by atoms with E-state index < -0.39 is 5.97 Å². The highest BCUT2D eigenvalue weighted by Gasteiger charge is 2.34. The van der Waals surface area contributed by atoms with Gasteiger partial charge < -0.3 is 20.6 Å². The summed E-state index contributed by atoms with van der Waals surface area (Å²) in [6.45, 7) is 2.97. The molecule has 1 saturated carbocycles. The van der Waals surface area contributed by atoms with Crippen LogP contribution >= 0.6 is 0 Å². The van der Waals surface area contributed by atoms with Gasteiger partial charge in [-0.1, -0.05) is 54.8 Å². The average molecular weight is 484 g/mol. The van der Waals surface area contributed by atoms with E-state index >= 15 is 0 Å². The fourth-order valence-electron chi connectivity index (χ4n) is 5.82. The molecule has 0 bridgehead atoms. The molecule has 2 atom stereocenters. The Hall–Kier alpha value is -3.80. The lowest BCUT2D eigenvalue weighted by Gasteiger charge is -2.46. The van der Waals surface area contributed by atoms with Crippen LogP contribution in [0.2, 0.25) is 0 Å². The van der Waals surface area contributed by atoms with E-state index in [9.17, 15) is 14.7 Å². The van der Waals surface area contributed by atoms with Crippen molar-refractivity contribution in [3.8, 4) is 11.1 Å². The van der Waals surface area contributed by atoms with E-state index in [1.165, 1.54) is 32.1 Å². The quantitative estimate of drug-likeness (QED) is 0.359. The van der Waals surface area contributed by atoms with Gasteiger partial charge in [0.25, 0.3) is 0 Å². The van der Waals surface area contributed by atoms with Crippen molar-refractivity contribution in [2.24, 2.45) is 5.92 Å². The molecule has 3 N–H and O–H groups in total. The van der Waals surface area contributed by atoms with Crippen LogP contribution < -0.4 is 15.5 Å². The van der Waals surface area contributed by atoms with E-state index in [0.29, 0.717) is 23.2 Å². The summed E-state index contributed by atoms with van der Waals surface area (Å²) in [6.07, 6.45) is 7.37. The lowest BCUT2D eigenvalue weighted by molar-refractivity contribution is 0.0697. The van der Waals surface area contributed by atoms with Gasteiger partial charge >= 0.3 is 12.0 Å². The number of urea groups is 1. The van der Waals surface area contributed by atoms with Gasteiger partial charge in [0.05, 0.1) is 16.9 Å². The highest BCUT2D eigenvalue weighted by Crippen LogP contribution is 2.41. The molecular weight excluding hydrogens is 450 g/mol. The van der Waals surface area contributed by atoms with Gasteiger partial charge in [-0.2, -0.15) is 0 Å². The maximum atomic E-state index is 13.1. The van der Waals surface area contributed by atoms with Gasteiger partial charge in [-0.25, -0.2) is 9.59 Å². The van der Waals surface area contributed by atoms with Crippen molar-refractivity contribution < 1.29 is 14.7 Å². The number of carboxylic acid groups (broad SMARTS) is 1. The molecule has 0 unspecified atom stereocenters. The molecule has 3 aromatic carbocycles. The van der Waals surface area contributed by atoms with Crippen molar-refractivity contribution in [2.75, 3.05) is 22.1 Å². The normalized spacial score (nSPS) is 19.3. The summed E-state index contributed by atoms with van der Waals surface area (Å²) in [7, 11) is 0. The zero-order chi connectivity index (χ0) is 25.1. The Morgan fingerprint density at radius 2 is 1.64 bits per heavy atom. The Kier molecular flexibility index (Phi) is 6.94. The van der Waals surface area contributed by atoms with Gasteiger partial charge in [0.15, 0.2) is 0 Å². The molecule has 6 heteroatoms. The molecule has 1 saturated heterocycles. The van der Waals surface area contributed by atoms with Crippen molar-refractivity contribution >= 4 is 29.1 Å². The summed E-state index contributed by atoms with van der Waals surface area (Å²) in [4.78, 5) is 27.4. The third-order valence-electron chi connectivity index (χ3n) is 7.58. The maximum absolute atomic E-state index is 13.1. The summed E-state index contributed by atoms with van der Waals surface area (Å²) >= 11 is 0. The average Bonchev–Trinajstić information content (AvgIpc) is 2.89. The second-order valence-corrected chi connectivity index (χ2v) is 9.98. The van der Waals surface area contributed by atoms with Crippen LogP contribution in [0.3, 0.4) is 0 Å². The maximum Gasteiger partial charge on any atom is 0.336 e. The number of nitrogens with zero attached hydrogens (tertiary/aromatic N) is 1. The van der Waals surface area contributed by atoms with Crippen LogP contribution in [0, 0.1) is 12.8 Å². The Morgan fingerprint density at radius 1 is 0.889 bits per heavy atom. The van der Waals surface area contributed by atoms with E-state index in [-0.39, 0.29) is 11.6 Å². The number of aromatic carboxylic acids is 1. The molecule has 2 aliphatic rings. The minimum atomic E-state index is -0.970. The van der Waals surface area contributed by atoms with Gasteiger partial charge in [0, 0.05) is 18.3 Å². The molecule has 6 nitrogen and oxygen atoms in total. The predicted molar refractivity (Wildman–Crippen MR) is 145 cm³/mol. The fraction of sp³-hybridized carbons (Fsp3) is 0.333. The summed E-state index contributed by atoms with van der Waals surface area (Å²) in [5, 5.41) is 15.7. The Balaban J connectivity index is 1.51. The standard InChI is InChI=1S/C30H33N3O3/c1-20-12-15-23(16-13-20)31-30(36)32-26-19-22(24-9-3-4-10-25(24)29(34)35)14-17-28(26)33-18-6-8-21-7-2-5-11-27(21)33/h3-4,9-10,12-17,19,21,27H,2,5-8,11,18H2,1H3,(H,34,35)(H2,31,32,36)/t21-,27-/m0/s1. The molecular formula is C30H33N3O3. The zero-order valence-corrected chi connectivity index (χ0v) is 20.7. The minimum Gasteiger partial charge on any atom is -0.478 e. The van der Waals surface area contributed by atoms with Gasteiger partial charge in [-0.3, -0.25) is 0 Å². The van der Waals surface area contributed by atoms with Gasteiger partial charge in [0.2, 0.25) is 0 Å². The number of amides is 2. The third-order valence-corrected chi connectivity index (χ3v) is 7.58. The Morgan fingerprint density at radius 3 is 2.44 bits per heavy atom. The summed E-state index contributed by atoms with van der Waals surface area (Å²) in [5.74, 6) is -0.281. The Labute approximate surface area is 212 Å². The predicted octanol–water partition coefficient (Wildman–Crippen LogP) is 7.16. The van der Waals surface area contributed by atoms with Gasteiger partial charge in [0.1, 0.15) is 0 Å². The number of aryl methyl sites for hydroxylation is 1. The van der Waals surface area contributed by atoms with Gasteiger partial charge in [-0.05, 0) is 80.0 Å². The molecule has 186 valence electrons. The van der Waals surface area contributed by atoms with Crippen LogP contribution in [0.4, 0.5) is 21.9 Å². The van der Waals surface area contributed by atoms with Gasteiger partial charge in [-0.15, -0.1) is 0 Å². The minimum absolute atomic E-state index is 0.241. The number of fused-ring (bicyclic) bond motifs is 1. The van der Waals surface area contributed by atoms with Crippen molar-refractivity contribution in [3.63, 3.8) is 0 Å². The van der Waals surface area contributed by atoms with Crippen LogP contribution in [0.25, 0.3) is 11.1 Å². The first-order chi connectivity index (χ1) is 17.5. The Bertz CT molecular complexity index is 1250. The first-order valence-corrected chi connectivity index (χ1v) is 12.9. The molecule has 5 rings (SSSR count). The monoisotopic (exact) mass is 483 g/mol. The lowest BCUT2D eigenvalue weighted by atomic mass is 9.78. The van der Waals surface area contributed by atoms with Crippen molar-refractivity contribution in [3.05, 3.63) is 77.9 Å². The molecule has 1 heterocycles. The molecule has 36 heavy (non-hydrogen) atoms. The molecule has 0 radical (unpaired) electrons. The van der Waals surface area contributed by atoms with Crippen LogP contribution in [0.15, 0.2) is 66.7 Å². The number of rotatable bonds is 5. The highest BCUT2D eigenvalue weighted by atomic mass is 16.4. The molecule has 0 spiro atoms. The van der Waals surface area contributed by atoms with Crippen LogP contribution in [-0.4, -0.2) is 29.7 Å². The first-order valence-electron chi connectivity index (χ1n) is 12.9. The molecule has 1 aliphatic heterocycles. The number of nitrogens with one attached hydrogen (secondary N) is 2. The summed E-state index contributed by atoms with van der Waals surface area (Å²) in [6, 6.07) is 20.8. The van der Waals surface area contributed by atoms with E-state index in [4.69, 9.17) is 0 Å². The largest absolute Gasteiger partial charge is 0.478 e. The second kappa shape index (κ2) is 10.4. The molecule has 3 aromatic rings. The SMILES string of the molecule is Cc1ccc(NC(=O)Nc2cc(-c3ccccc3C(=O)O)ccc2N2CCC[C@@H]3CCCC[C@@H]32)cc1. The van der Waals surface area contributed by atoms with E-state index in [1.807, 2.05) is 61.5 Å². The molecule has 2 amide bonds.